The van der Waals surface area contributed by atoms with Crippen LogP contribution in [0.4, 0.5) is 0 Å². The van der Waals surface area contributed by atoms with E-state index < -0.39 is 0 Å². The SMILES string of the molecule is CCCCCCCCOc1c(Br)cc(/C=N/NC(=O)c2ccc(Cl)cc2)cc1Br. The number of amides is 1. The minimum Gasteiger partial charge on any atom is -0.491 e. The van der Waals surface area contributed by atoms with Gasteiger partial charge in [0.05, 0.1) is 21.8 Å². The highest BCUT2D eigenvalue weighted by Gasteiger charge is 2.09. The van der Waals surface area contributed by atoms with Crippen molar-refractivity contribution in [3.8, 4) is 5.75 Å². The zero-order valence-electron chi connectivity index (χ0n) is 16.4. The van der Waals surface area contributed by atoms with Crippen LogP contribution in [0.5, 0.6) is 5.75 Å². The predicted molar refractivity (Wildman–Crippen MR) is 127 cm³/mol. The molecule has 0 aliphatic carbocycles. The van der Waals surface area contributed by atoms with Gasteiger partial charge in [-0.15, -0.1) is 0 Å². The third-order valence-electron chi connectivity index (χ3n) is 4.25. The van der Waals surface area contributed by atoms with E-state index >= 15 is 0 Å². The monoisotopic (exact) mass is 542 g/mol. The van der Waals surface area contributed by atoms with E-state index in [0.29, 0.717) is 17.2 Å². The number of nitrogens with zero attached hydrogens (tertiary/aromatic N) is 1. The van der Waals surface area contributed by atoms with E-state index in [1.807, 2.05) is 12.1 Å². The van der Waals surface area contributed by atoms with Crippen molar-refractivity contribution in [3.63, 3.8) is 0 Å². The minimum absolute atomic E-state index is 0.296. The molecule has 0 radical (unpaired) electrons. The number of carbonyl (C=O) groups is 1. The summed E-state index contributed by atoms with van der Waals surface area (Å²) in [4.78, 5) is 12.1. The first-order chi connectivity index (χ1) is 14.0. The summed E-state index contributed by atoms with van der Waals surface area (Å²) < 4.78 is 7.59. The van der Waals surface area contributed by atoms with E-state index in [4.69, 9.17) is 16.3 Å². The van der Waals surface area contributed by atoms with Crippen LogP contribution in [0.15, 0.2) is 50.4 Å². The second-order valence-corrected chi connectivity index (χ2v) is 8.78. The number of rotatable bonds is 11. The molecule has 7 heteroatoms. The molecule has 4 nitrogen and oxygen atoms in total. The Morgan fingerprint density at radius 3 is 2.34 bits per heavy atom. The van der Waals surface area contributed by atoms with Crippen LogP contribution in [-0.4, -0.2) is 18.7 Å². The Labute approximate surface area is 194 Å². The Hall–Kier alpha value is -1.37. The summed E-state index contributed by atoms with van der Waals surface area (Å²) >= 11 is 12.9. The van der Waals surface area contributed by atoms with Gasteiger partial charge in [0.2, 0.25) is 0 Å². The van der Waals surface area contributed by atoms with Crippen molar-refractivity contribution in [1.29, 1.82) is 0 Å². The summed E-state index contributed by atoms with van der Waals surface area (Å²) in [7, 11) is 0. The Morgan fingerprint density at radius 1 is 1.07 bits per heavy atom. The maximum Gasteiger partial charge on any atom is 0.271 e. The van der Waals surface area contributed by atoms with E-state index in [2.05, 4.69) is 49.3 Å². The molecule has 0 fully saturated rings. The van der Waals surface area contributed by atoms with Crippen LogP contribution < -0.4 is 10.2 Å². The molecule has 0 saturated heterocycles. The van der Waals surface area contributed by atoms with E-state index in [1.165, 1.54) is 32.1 Å². The Kier molecular flexibility index (Phi) is 10.7. The van der Waals surface area contributed by atoms with Gasteiger partial charge < -0.3 is 4.74 Å². The number of carbonyl (C=O) groups excluding carboxylic acids is 1. The molecule has 2 aromatic rings. The number of ether oxygens (including phenoxy) is 1. The van der Waals surface area contributed by atoms with Gasteiger partial charge in [0.25, 0.3) is 5.91 Å². The summed E-state index contributed by atoms with van der Waals surface area (Å²) in [5, 5.41) is 4.61. The van der Waals surface area contributed by atoms with Crippen LogP contribution in [0, 0.1) is 0 Å². The van der Waals surface area contributed by atoms with Crippen LogP contribution in [0.3, 0.4) is 0 Å². The van der Waals surface area contributed by atoms with Gasteiger partial charge in [-0.3, -0.25) is 4.79 Å². The molecule has 0 heterocycles. The highest BCUT2D eigenvalue weighted by Crippen LogP contribution is 2.34. The molecule has 0 spiro atoms. The number of halogens is 3. The first-order valence-corrected chi connectivity index (χ1v) is 11.7. The van der Waals surface area contributed by atoms with Crippen molar-refractivity contribution in [1.82, 2.24) is 5.43 Å². The largest absolute Gasteiger partial charge is 0.491 e. The summed E-state index contributed by atoms with van der Waals surface area (Å²) in [5.41, 5.74) is 3.83. The quantitative estimate of drug-likeness (QED) is 0.182. The fourth-order valence-electron chi connectivity index (χ4n) is 2.68. The van der Waals surface area contributed by atoms with Gasteiger partial charge in [0, 0.05) is 10.6 Å². The van der Waals surface area contributed by atoms with Crippen LogP contribution in [0.1, 0.15) is 61.4 Å². The van der Waals surface area contributed by atoms with Crippen molar-refractivity contribution in [3.05, 3.63) is 61.5 Å². The van der Waals surface area contributed by atoms with Crippen LogP contribution in [0.2, 0.25) is 5.02 Å². The molecule has 0 aliphatic heterocycles. The van der Waals surface area contributed by atoms with E-state index in [9.17, 15) is 4.79 Å². The van der Waals surface area contributed by atoms with Crippen molar-refractivity contribution in [2.75, 3.05) is 6.61 Å². The fraction of sp³-hybridized carbons (Fsp3) is 0.364. The van der Waals surface area contributed by atoms with Crippen molar-refractivity contribution < 1.29 is 9.53 Å². The molecule has 2 aromatic carbocycles. The lowest BCUT2D eigenvalue weighted by Crippen LogP contribution is -2.17. The predicted octanol–water partition coefficient (Wildman–Crippen LogP) is 7.37. The van der Waals surface area contributed by atoms with Gasteiger partial charge in [0.1, 0.15) is 5.75 Å². The molecule has 0 bridgehead atoms. The second kappa shape index (κ2) is 13.0. The molecule has 2 rings (SSSR count). The summed E-state index contributed by atoms with van der Waals surface area (Å²) in [6.45, 7) is 2.91. The maximum atomic E-state index is 12.1. The molecule has 29 heavy (non-hydrogen) atoms. The Bertz CT molecular complexity index is 803. The van der Waals surface area contributed by atoms with Crippen molar-refractivity contribution in [2.45, 2.75) is 45.4 Å². The molecule has 0 saturated carbocycles. The van der Waals surface area contributed by atoms with Crippen molar-refractivity contribution >= 4 is 55.6 Å². The molecular formula is C22H25Br2ClN2O2. The normalized spacial score (nSPS) is 11.0. The van der Waals surface area contributed by atoms with Gasteiger partial charge in [-0.2, -0.15) is 5.10 Å². The van der Waals surface area contributed by atoms with Crippen LogP contribution in [-0.2, 0) is 0 Å². The minimum atomic E-state index is -0.296. The lowest BCUT2D eigenvalue weighted by atomic mass is 10.1. The first-order valence-electron chi connectivity index (χ1n) is 9.72. The molecular weight excluding hydrogens is 520 g/mol. The average Bonchev–Trinajstić information content (AvgIpc) is 2.69. The van der Waals surface area contributed by atoms with Gasteiger partial charge in [0.15, 0.2) is 0 Å². The van der Waals surface area contributed by atoms with Gasteiger partial charge in [-0.25, -0.2) is 5.43 Å². The number of hydrazone groups is 1. The number of hydrogen-bond donors (Lipinski definition) is 1. The average molecular weight is 545 g/mol. The smallest absolute Gasteiger partial charge is 0.271 e. The van der Waals surface area contributed by atoms with Gasteiger partial charge >= 0.3 is 0 Å². The highest BCUT2D eigenvalue weighted by molar-refractivity contribution is 9.11. The maximum absolute atomic E-state index is 12.1. The molecule has 0 aliphatic rings. The highest BCUT2D eigenvalue weighted by atomic mass is 79.9. The molecule has 1 N–H and O–H groups in total. The van der Waals surface area contributed by atoms with Crippen molar-refractivity contribution in [2.24, 2.45) is 5.10 Å². The Morgan fingerprint density at radius 2 is 1.69 bits per heavy atom. The molecule has 1 amide bonds. The first kappa shape index (κ1) is 23.9. The molecule has 0 unspecified atom stereocenters. The number of nitrogens with one attached hydrogen (secondary N) is 1. The summed E-state index contributed by atoms with van der Waals surface area (Å²) in [6, 6.07) is 10.4. The Balaban J connectivity index is 1.85. The molecule has 156 valence electrons. The standard InChI is InChI=1S/C22H25Br2ClN2O2/c1-2-3-4-5-6-7-12-29-21-19(23)13-16(14-20(21)24)15-26-27-22(28)17-8-10-18(25)11-9-17/h8-11,13-15H,2-7,12H2,1H3,(H,27,28)/b26-15+. The molecule has 0 aromatic heterocycles. The lowest BCUT2D eigenvalue weighted by Gasteiger charge is -2.11. The molecule has 0 atom stereocenters. The topological polar surface area (TPSA) is 50.7 Å². The lowest BCUT2D eigenvalue weighted by molar-refractivity contribution is 0.0955. The number of benzene rings is 2. The van der Waals surface area contributed by atoms with E-state index in [-0.39, 0.29) is 5.91 Å². The van der Waals surface area contributed by atoms with Gasteiger partial charge in [-0.05, 0) is 80.2 Å². The zero-order valence-corrected chi connectivity index (χ0v) is 20.3. The third-order valence-corrected chi connectivity index (χ3v) is 5.68. The zero-order chi connectivity index (χ0) is 21.1. The van der Waals surface area contributed by atoms with Gasteiger partial charge in [-0.1, -0.05) is 50.6 Å². The number of unbranched alkanes of at least 4 members (excludes halogenated alkanes) is 5. The summed E-state index contributed by atoms with van der Waals surface area (Å²) in [6.07, 6.45) is 8.94. The van der Waals surface area contributed by atoms with Crippen LogP contribution >= 0.6 is 43.5 Å². The number of hydrogen-bond acceptors (Lipinski definition) is 3. The van der Waals surface area contributed by atoms with Crippen LogP contribution in [0.25, 0.3) is 0 Å². The van der Waals surface area contributed by atoms with E-state index in [0.717, 1.165) is 26.7 Å². The second-order valence-electron chi connectivity index (χ2n) is 6.64. The fourth-order valence-corrected chi connectivity index (χ4v) is 4.26. The van der Waals surface area contributed by atoms with E-state index in [1.54, 1.807) is 30.5 Å². The summed E-state index contributed by atoms with van der Waals surface area (Å²) in [5.74, 6) is 0.482. The third kappa shape index (κ3) is 8.49.